The number of hydrogen-bond donors (Lipinski definition) is 2. The van der Waals surface area contributed by atoms with Gasteiger partial charge in [-0.2, -0.15) is 4.98 Å². The lowest BCUT2D eigenvalue weighted by atomic mass is 10.1. The van der Waals surface area contributed by atoms with E-state index >= 15 is 0 Å². The monoisotopic (exact) mass is 564 g/mol. The normalized spacial score (nSPS) is 13.5. The fourth-order valence-corrected chi connectivity index (χ4v) is 4.65. The van der Waals surface area contributed by atoms with E-state index in [1.54, 1.807) is 35.2 Å². The SMILES string of the molecule is CCN(CC)c1ncc(N(CC)C(=O)c2ccoc2)c(N[C@@H](Cc2ccc(OC(=O)N3CCCC3)cc2)C(=O)O)n1. The number of nitrogens with zero attached hydrogens (tertiary/aromatic N) is 5. The maximum absolute atomic E-state index is 13.2. The first-order valence-electron chi connectivity index (χ1n) is 13.9. The van der Waals surface area contributed by atoms with Crippen LogP contribution in [0.3, 0.4) is 0 Å². The number of carboxylic acids is 1. The molecule has 1 aliphatic rings. The third-order valence-electron chi connectivity index (χ3n) is 6.96. The molecule has 1 saturated heterocycles. The number of carboxylic acid groups (broad SMARTS) is 1. The van der Waals surface area contributed by atoms with Crippen LogP contribution in [0.4, 0.5) is 22.2 Å². The molecule has 1 atom stereocenters. The van der Waals surface area contributed by atoms with Gasteiger partial charge in [-0.3, -0.25) is 4.79 Å². The van der Waals surface area contributed by atoms with Crippen LogP contribution in [0.15, 0.2) is 53.5 Å². The molecule has 3 aromatic rings. The van der Waals surface area contributed by atoms with E-state index in [-0.39, 0.29) is 24.2 Å². The van der Waals surface area contributed by atoms with Crippen molar-refractivity contribution in [1.29, 1.82) is 0 Å². The first-order valence-corrected chi connectivity index (χ1v) is 13.9. The minimum atomic E-state index is -1.09. The molecule has 1 aliphatic heterocycles. The van der Waals surface area contributed by atoms with Gasteiger partial charge in [0.25, 0.3) is 5.91 Å². The maximum Gasteiger partial charge on any atom is 0.415 e. The number of anilines is 3. The summed E-state index contributed by atoms with van der Waals surface area (Å²) in [4.78, 5) is 52.1. The summed E-state index contributed by atoms with van der Waals surface area (Å²) in [6.45, 7) is 8.73. The third kappa shape index (κ3) is 7.13. The van der Waals surface area contributed by atoms with Crippen molar-refractivity contribution in [1.82, 2.24) is 14.9 Å². The number of aliphatic carboxylic acids is 1. The molecule has 4 rings (SSSR count). The van der Waals surface area contributed by atoms with Crippen LogP contribution in [0, 0.1) is 0 Å². The zero-order chi connectivity index (χ0) is 29.4. The molecule has 12 nitrogen and oxygen atoms in total. The van der Waals surface area contributed by atoms with Gasteiger partial charge in [0.1, 0.15) is 23.7 Å². The number of carbonyl (C=O) groups is 3. The number of ether oxygens (including phenoxy) is 1. The number of likely N-dealkylation sites (tertiary alicyclic amines) is 1. The minimum absolute atomic E-state index is 0.113. The van der Waals surface area contributed by atoms with E-state index in [0.717, 1.165) is 12.8 Å². The van der Waals surface area contributed by atoms with Crippen LogP contribution in [0.1, 0.15) is 49.5 Å². The Bertz CT molecular complexity index is 1320. The van der Waals surface area contributed by atoms with E-state index in [4.69, 9.17) is 9.15 Å². The molecule has 0 spiro atoms. The Kier molecular flexibility index (Phi) is 9.77. The molecule has 0 bridgehead atoms. The van der Waals surface area contributed by atoms with Gasteiger partial charge < -0.3 is 34.3 Å². The molecular formula is C29H36N6O6. The number of carbonyl (C=O) groups excluding carboxylic acids is 2. The van der Waals surface area contributed by atoms with Crippen molar-refractivity contribution in [2.75, 3.05) is 47.8 Å². The van der Waals surface area contributed by atoms with Crippen LogP contribution < -0.4 is 19.9 Å². The summed E-state index contributed by atoms with van der Waals surface area (Å²) in [5.41, 5.74) is 1.42. The van der Waals surface area contributed by atoms with Crippen molar-refractivity contribution in [3.05, 3.63) is 60.2 Å². The van der Waals surface area contributed by atoms with E-state index in [9.17, 15) is 19.5 Å². The van der Waals surface area contributed by atoms with Crippen molar-refractivity contribution < 1.29 is 28.6 Å². The number of aromatic nitrogens is 2. The maximum atomic E-state index is 13.2. The van der Waals surface area contributed by atoms with Gasteiger partial charge in [-0.15, -0.1) is 0 Å². The zero-order valence-corrected chi connectivity index (χ0v) is 23.6. The summed E-state index contributed by atoms with van der Waals surface area (Å²) in [5.74, 6) is -0.378. The second-order valence-electron chi connectivity index (χ2n) is 9.58. The number of furan rings is 1. The largest absolute Gasteiger partial charge is 0.480 e. The Morgan fingerprint density at radius 1 is 1.07 bits per heavy atom. The highest BCUT2D eigenvalue weighted by Crippen LogP contribution is 2.28. The molecular weight excluding hydrogens is 528 g/mol. The van der Waals surface area contributed by atoms with Gasteiger partial charge in [0.2, 0.25) is 5.95 Å². The average molecular weight is 565 g/mol. The number of amides is 2. The van der Waals surface area contributed by atoms with E-state index in [0.29, 0.717) is 61.2 Å². The molecule has 3 heterocycles. The number of rotatable bonds is 12. The van der Waals surface area contributed by atoms with Gasteiger partial charge in [0, 0.05) is 39.1 Å². The standard InChI is InChI=1S/C29H36N6O6/c1-4-33(5-2)28-30-18-24(35(6-3)26(36)21-13-16-40-19-21)25(32-28)31-23(27(37)38)17-20-9-11-22(12-10-20)41-29(39)34-14-7-8-15-34/h9-13,16,18-19,23H,4-8,14-15,17H2,1-3H3,(H,37,38)(H,30,31,32)/t23-/m0/s1. The summed E-state index contributed by atoms with van der Waals surface area (Å²) in [5, 5.41) is 13.2. The molecule has 218 valence electrons. The number of nitrogens with one attached hydrogen (secondary N) is 1. The number of hydrogen-bond acceptors (Lipinski definition) is 9. The Balaban J connectivity index is 1.58. The molecule has 0 aliphatic carbocycles. The van der Waals surface area contributed by atoms with Crippen LogP contribution in [-0.2, 0) is 11.2 Å². The predicted octanol–water partition coefficient (Wildman–Crippen LogP) is 4.28. The van der Waals surface area contributed by atoms with Crippen LogP contribution >= 0.6 is 0 Å². The van der Waals surface area contributed by atoms with Gasteiger partial charge in [-0.25, -0.2) is 14.6 Å². The predicted molar refractivity (Wildman–Crippen MR) is 154 cm³/mol. The molecule has 1 fully saturated rings. The molecule has 1 aromatic carbocycles. The topological polar surface area (TPSA) is 141 Å². The van der Waals surface area contributed by atoms with Gasteiger partial charge in [-0.1, -0.05) is 12.1 Å². The quantitative estimate of drug-likeness (QED) is 0.327. The van der Waals surface area contributed by atoms with Crippen molar-refractivity contribution in [3.8, 4) is 5.75 Å². The molecule has 0 unspecified atom stereocenters. The molecule has 2 N–H and O–H groups in total. The van der Waals surface area contributed by atoms with Crippen LogP contribution in [0.25, 0.3) is 0 Å². The second-order valence-corrected chi connectivity index (χ2v) is 9.58. The van der Waals surface area contributed by atoms with Crippen LogP contribution in [-0.4, -0.2) is 76.7 Å². The van der Waals surface area contributed by atoms with E-state index in [2.05, 4.69) is 15.3 Å². The van der Waals surface area contributed by atoms with Crippen molar-refractivity contribution in [2.24, 2.45) is 0 Å². The molecule has 12 heteroatoms. The summed E-state index contributed by atoms with van der Waals surface area (Å²) in [7, 11) is 0. The van der Waals surface area contributed by atoms with E-state index in [1.807, 2.05) is 25.7 Å². The van der Waals surface area contributed by atoms with Gasteiger partial charge in [0.15, 0.2) is 5.82 Å². The van der Waals surface area contributed by atoms with E-state index < -0.39 is 12.0 Å². The highest BCUT2D eigenvalue weighted by molar-refractivity contribution is 6.07. The van der Waals surface area contributed by atoms with Crippen molar-refractivity contribution in [3.63, 3.8) is 0 Å². The Morgan fingerprint density at radius 2 is 1.78 bits per heavy atom. The molecule has 2 aromatic heterocycles. The molecule has 0 radical (unpaired) electrons. The zero-order valence-electron chi connectivity index (χ0n) is 23.6. The fraction of sp³-hybridized carbons (Fsp3) is 0.414. The molecule has 2 amide bonds. The highest BCUT2D eigenvalue weighted by Gasteiger charge is 2.26. The lowest BCUT2D eigenvalue weighted by Crippen LogP contribution is -2.36. The summed E-state index contributed by atoms with van der Waals surface area (Å²) < 4.78 is 10.5. The van der Waals surface area contributed by atoms with Gasteiger partial charge in [-0.05, 0) is 57.4 Å². The molecule has 41 heavy (non-hydrogen) atoms. The summed E-state index contributed by atoms with van der Waals surface area (Å²) in [6.07, 6.45) is 5.97. The molecule has 0 saturated carbocycles. The van der Waals surface area contributed by atoms with Crippen molar-refractivity contribution >= 4 is 35.4 Å². The summed E-state index contributed by atoms with van der Waals surface area (Å²) in [6, 6.07) is 7.25. The first-order chi connectivity index (χ1) is 19.8. The Labute approximate surface area is 238 Å². The lowest BCUT2D eigenvalue weighted by Gasteiger charge is -2.26. The average Bonchev–Trinajstić information content (AvgIpc) is 3.71. The second kappa shape index (κ2) is 13.6. The fourth-order valence-electron chi connectivity index (χ4n) is 4.65. The first kappa shape index (κ1) is 29.4. The number of benzene rings is 1. The van der Waals surface area contributed by atoms with Crippen molar-refractivity contribution in [2.45, 2.75) is 46.1 Å². The smallest absolute Gasteiger partial charge is 0.415 e. The summed E-state index contributed by atoms with van der Waals surface area (Å²) >= 11 is 0. The third-order valence-corrected chi connectivity index (χ3v) is 6.96. The minimum Gasteiger partial charge on any atom is -0.480 e. The van der Waals surface area contributed by atoms with Crippen LogP contribution in [0.2, 0.25) is 0 Å². The van der Waals surface area contributed by atoms with Gasteiger partial charge in [0.05, 0.1) is 18.0 Å². The van der Waals surface area contributed by atoms with Crippen LogP contribution in [0.5, 0.6) is 5.75 Å². The lowest BCUT2D eigenvalue weighted by molar-refractivity contribution is -0.137. The Morgan fingerprint density at radius 3 is 2.37 bits per heavy atom. The highest BCUT2D eigenvalue weighted by atomic mass is 16.6. The van der Waals surface area contributed by atoms with Gasteiger partial charge >= 0.3 is 12.1 Å². The van der Waals surface area contributed by atoms with E-state index in [1.165, 1.54) is 23.6 Å². The Hall–Kier alpha value is -4.61.